The van der Waals surface area contributed by atoms with Crippen LogP contribution in [0.25, 0.3) is 0 Å². The lowest BCUT2D eigenvalue weighted by Crippen LogP contribution is -2.02. The van der Waals surface area contributed by atoms with Crippen molar-refractivity contribution in [2.75, 3.05) is 6.54 Å². The molecule has 0 amide bonds. The van der Waals surface area contributed by atoms with Gasteiger partial charge in [-0.05, 0) is 60.8 Å². The number of halogens is 1. The Labute approximate surface area is 113 Å². The summed E-state index contributed by atoms with van der Waals surface area (Å²) >= 11 is 0. The zero-order chi connectivity index (χ0) is 13.7. The van der Waals surface area contributed by atoms with Crippen LogP contribution in [0.1, 0.15) is 16.7 Å². The number of hydrogen-bond donors (Lipinski definition) is 1. The summed E-state index contributed by atoms with van der Waals surface area (Å²) in [5, 5.41) is 0. The van der Waals surface area contributed by atoms with Gasteiger partial charge in [0.15, 0.2) is 0 Å². The minimum absolute atomic E-state index is 0.215. The van der Waals surface area contributed by atoms with Crippen LogP contribution in [0.4, 0.5) is 4.39 Å². The number of nitrogens with two attached hydrogens (primary N) is 1. The predicted molar refractivity (Wildman–Crippen MR) is 74.7 cm³/mol. The average Bonchev–Trinajstić information content (AvgIpc) is 2.40. The zero-order valence-corrected chi connectivity index (χ0v) is 11.0. The normalized spacial score (nSPS) is 10.5. The van der Waals surface area contributed by atoms with E-state index in [1.54, 1.807) is 6.07 Å². The first-order valence-electron chi connectivity index (χ1n) is 6.36. The summed E-state index contributed by atoms with van der Waals surface area (Å²) in [6, 6.07) is 12.6. The van der Waals surface area contributed by atoms with E-state index in [1.807, 2.05) is 31.2 Å². The van der Waals surface area contributed by atoms with Crippen molar-refractivity contribution in [1.29, 1.82) is 0 Å². The fourth-order valence-electron chi connectivity index (χ4n) is 1.90. The highest BCUT2D eigenvalue weighted by molar-refractivity contribution is 5.29. The summed E-state index contributed by atoms with van der Waals surface area (Å²) in [7, 11) is 0. The molecule has 0 aliphatic heterocycles. The number of benzene rings is 2. The van der Waals surface area contributed by atoms with Gasteiger partial charge in [0, 0.05) is 0 Å². The molecule has 0 radical (unpaired) electrons. The van der Waals surface area contributed by atoms with Crippen LogP contribution >= 0.6 is 0 Å². The van der Waals surface area contributed by atoms with E-state index in [2.05, 4.69) is 0 Å². The lowest BCUT2D eigenvalue weighted by molar-refractivity contribution is 0.305. The molecule has 100 valence electrons. The Morgan fingerprint density at radius 1 is 1.11 bits per heavy atom. The van der Waals surface area contributed by atoms with E-state index in [-0.39, 0.29) is 5.82 Å². The monoisotopic (exact) mass is 259 g/mol. The van der Waals surface area contributed by atoms with Crippen LogP contribution in [0.2, 0.25) is 0 Å². The average molecular weight is 259 g/mol. The van der Waals surface area contributed by atoms with Gasteiger partial charge in [-0.2, -0.15) is 0 Å². The molecule has 19 heavy (non-hydrogen) atoms. The van der Waals surface area contributed by atoms with Crippen LogP contribution in [0.15, 0.2) is 42.5 Å². The maximum absolute atomic E-state index is 13.0. The minimum atomic E-state index is -0.215. The lowest BCUT2D eigenvalue weighted by atomic mass is 10.1. The van der Waals surface area contributed by atoms with Gasteiger partial charge in [-0.15, -0.1) is 0 Å². The summed E-state index contributed by atoms with van der Waals surface area (Å²) in [4.78, 5) is 0. The molecule has 2 aromatic carbocycles. The smallest absolute Gasteiger partial charge is 0.123 e. The summed E-state index contributed by atoms with van der Waals surface area (Å²) in [6.07, 6.45) is 0.872. The largest absolute Gasteiger partial charge is 0.489 e. The SMILES string of the molecule is Cc1cc(F)ccc1COc1ccc(CCN)cc1. The number of rotatable bonds is 5. The van der Waals surface area contributed by atoms with Gasteiger partial charge in [-0.3, -0.25) is 0 Å². The summed E-state index contributed by atoms with van der Waals surface area (Å²) in [6.45, 7) is 2.98. The van der Waals surface area contributed by atoms with Crippen molar-refractivity contribution < 1.29 is 9.13 Å². The van der Waals surface area contributed by atoms with Crippen molar-refractivity contribution in [3.8, 4) is 5.75 Å². The van der Waals surface area contributed by atoms with Crippen molar-refractivity contribution >= 4 is 0 Å². The maximum atomic E-state index is 13.0. The molecule has 0 aliphatic carbocycles. The Kier molecular flexibility index (Phi) is 4.53. The maximum Gasteiger partial charge on any atom is 0.123 e. The number of hydrogen-bond acceptors (Lipinski definition) is 2. The third kappa shape index (κ3) is 3.80. The number of aryl methyl sites for hydroxylation is 1. The van der Waals surface area contributed by atoms with E-state index in [0.29, 0.717) is 13.2 Å². The molecule has 0 atom stereocenters. The molecule has 0 saturated heterocycles. The van der Waals surface area contributed by atoms with E-state index in [9.17, 15) is 4.39 Å². The Hall–Kier alpha value is -1.87. The Balaban J connectivity index is 1.98. The third-order valence-electron chi connectivity index (χ3n) is 3.06. The highest BCUT2D eigenvalue weighted by Crippen LogP contribution is 2.16. The van der Waals surface area contributed by atoms with Crippen molar-refractivity contribution in [2.24, 2.45) is 5.73 Å². The molecule has 0 saturated carbocycles. The summed E-state index contributed by atoms with van der Waals surface area (Å²) in [5.41, 5.74) is 8.60. The highest BCUT2D eigenvalue weighted by atomic mass is 19.1. The topological polar surface area (TPSA) is 35.2 Å². The van der Waals surface area contributed by atoms with Crippen molar-refractivity contribution in [1.82, 2.24) is 0 Å². The van der Waals surface area contributed by atoms with Crippen molar-refractivity contribution in [3.05, 3.63) is 65.0 Å². The van der Waals surface area contributed by atoms with Gasteiger partial charge in [0.25, 0.3) is 0 Å². The van der Waals surface area contributed by atoms with Crippen LogP contribution in [-0.2, 0) is 13.0 Å². The highest BCUT2D eigenvalue weighted by Gasteiger charge is 2.01. The van der Waals surface area contributed by atoms with Crippen molar-refractivity contribution in [2.45, 2.75) is 20.0 Å². The van der Waals surface area contributed by atoms with Gasteiger partial charge in [-0.1, -0.05) is 18.2 Å². The van der Waals surface area contributed by atoms with Gasteiger partial charge < -0.3 is 10.5 Å². The fourth-order valence-corrected chi connectivity index (χ4v) is 1.90. The van der Waals surface area contributed by atoms with Crippen LogP contribution < -0.4 is 10.5 Å². The molecule has 2 N–H and O–H groups in total. The van der Waals surface area contributed by atoms with Gasteiger partial charge in [0.05, 0.1) is 0 Å². The second-order valence-corrected chi connectivity index (χ2v) is 4.54. The standard InChI is InChI=1S/C16H18FNO/c1-12-10-15(17)5-4-14(12)11-19-16-6-2-13(3-7-16)8-9-18/h2-7,10H,8-9,11,18H2,1H3. The third-order valence-corrected chi connectivity index (χ3v) is 3.06. The first-order valence-corrected chi connectivity index (χ1v) is 6.36. The molecule has 0 spiro atoms. The summed E-state index contributed by atoms with van der Waals surface area (Å²) < 4.78 is 18.7. The van der Waals surface area contributed by atoms with E-state index >= 15 is 0 Å². The van der Waals surface area contributed by atoms with Crippen LogP contribution in [-0.4, -0.2) is 6.54 Å². The van der Waals surface area contributed by atoms with Gasteiger partial charge in [0.2, 0.25) is 0 Å². The predicted octanol–water partition coefficient (Wildman–Crippen LogP) is 3.21. The second-order valence-electron chi connectivity index (χ2n) is 4.54. The fraction of sp³-hybridized carbons (Fsp3) is 0.250. The Morgan fingerprint density at radius 3 is 2.47 bits per heavy atom. The van der Waals surface area contributed by atoms with E-state index in [0.717, 1.165) is 23.3 Å². The Bertz CT molecular complexity index is 537. The molecule has 0 unspecified atom stereocenters. The molecule has 0 bridgehead atoms. The minimum Gasteiger partial charge on any atom is -0.489 e. The molecular weight excluding hydrogens is 241 g/mol. The molecule has 3 heteroatoms. The second kappa shape index (κ2) is 6.34. The van der Waals surface area contributed by atoms with Crippen LogP contribution in [0.5, 0.6) is 5.75 Å². The van der Waals surface area contributed by atoms with Gasteiger partial charge in [-0.25, -0.2) is 4.39 Å². The van der Waals surface area contributed by atoms with Gasteiger partial charge in [0.1, 0.15) is 18.2 Å². The quantitative estimate of drug-likeness (QED) is 0.894. The molecule has 2 aromatic rings. The first-order chi connectivity index (χ1) is 9.19. The lowest BCUT2D eigenvalue weighted by Gasteiger charge is -2.09. The van der Waals surface area contributed by atoms with Crippen molar-refractivity contribution in [3.63, 3.8) is 0 Å². The molecular formula is C16H18FNO. The van der Waals surface area contributed by atoms with Crippen LogP contribution in [0, 0.1) is 12.7 Å². The van der Waals surface area contributed by atoms with Gasteiger partial charge >= 0.3 is 0 Å². The Morgan fingerprint density at radius 2 is 1.84 bits per heavy atom. The van der Waals surface area contributed by atoms with Crippen LogP contribution in [0.3, 0.4) is 0 Å². The first kappa shape index (κ1) is 13.6. The molecule has 0 heterocycles. The molecule has 0 aromatic heterocycles. The molecule has 0 fully saturated rings. The zero-order valence-electron chi connectivity index (χ0n) is 11.0. The van der Waals surface area contributed by atoms with E-state index in [1.165, 1.54) is 17.7 Å². The molecule has 0 aliphatic rings. The van der Waals surface area contributed by atoms with E-state index in [4.69, 9.17) is 10.5 Å². The molecule has 2 nitrogen and oxygen atoms in total. The number of ether oxygens (including phenoxy) is 1. The molecule has 2 rings (SSSR count). The summed E-state index contributed by atoms with van der Waals surface area (Å²) in [5.74, 6) is 0.594. The van der Waals surface area contributed by atoms with E-state index < -0.39 is 0 Å².